The summed E-state index contributed by atoms with van der Waals surface area (Å²) in [5, 5.41) is 4.26. The van der Waals surface area contributed by atoms with Crippen molar-refractivity contribution in [3.8, 4) is 0 Å². The number of nitrogens with one attached hydrogen (secondary N) is 1. The lowest BCUT2D eigenvalue weighted by Gasteiger charge is -2.30. The molecule has 1 unspecified atom stereocenters. The Labute approximate surface area is 139 Å². The number of carbonyl (C=O) groups is 3. The van der Waals surface area contributed by atoms with Gasteiger partial charge in [-0.05, 0) is 35.4 Å². The molecule has 2 heterocycles. The molecule has 0 bridgehead atoms. The number of hydrogen-bond acceptors (Lipinski definition) is 3. The maximum absolute atomic E-state index is 12.9. The molecule has 24 heavy (non-hydrogen) atoms. The van der Waals surface area contributed by atoms with Crippen LogP contribution in [-0.2, 0) is 9.59 Å². The predicted molar refractivity (Wildman–Crippen MR) is 91.0 cm³/mol. The lowest BCUT2D eigenvalue weighted by molar-refractivity contribution is -0.134. The second-order valence-electron chi connectivity index (χ2n) is 6.74. The third kappa shape index (κ3) is 2.04. The van der Waals surface area contributed by atoms with Gasteiger partial charge in [-0.3, -0.25) is 24.6 Å². The first-order chi connectivity index (χ1) is 11.5. The van der Waals surface area contributed by atoms with E-state index in [1.54, 1.807) is 11.0 Å². The molecule has 2 aliphatic heterocycles. The number of anilines is 1. The average molecular weight is 322 g/mol. The zero-order valence-corrected chi connectivity index (χ0v) is 13.6. The van der Waals surface area contributed by atoms with Gasteiger partial charge in [0.15, 0.2) is 0 Å². The molecule has 0 spiro atoms. The number of piperidine rings is 1. The molecule has 4 rings (SSSR count). The molecule has 0 aliphatic carbocycles. The molecule has 5 heteroatoms. The van der Waals surface area contributed by atoms with E-state index in [9.17, 15) is 14.4 Å². The molecule has 2 aliphatic rings. The predicted octanol–water partition coefficient (Wildman–Crippen LogP) is 2.73. The highest BCUT2D eigenvalue weighted by Crippen LogP contribution is 2.41. The first-order valence-electron chi connectivity index (χ1n) is 8.21. The zero-order chi connectivity index (χ0) is 17.0. The fourth-order valence-electron chi connectivity index (χ4n) is 3.61. The van der Waals surface area contributed by atoms with E-state index >= 15 is 0 Å². The number of imide groups is 1. The van der Waals surface area contributed by atoms with Gasteiger partial charge in [0, 0.05) is 17.4 Å². The average Bonchev–Trinajstić information content (AvgIpc) is 2.82. The summed E-state index contributed by atoms with van der Waals surface area (Å²) in [6, 6.07) is 9.15. The van der Waals surface area contributed by atoms with Crippen LogP contribution >= 0.6 is 0 Å². The van der Waals surface area contributed by atoms with Gasteiger partial charge in [-0.1, -0.05) is 32.0 Å². The molecule has 122 valence electrons. The van der Waals surface area contributed by atoms with Gasteiger partial charge in [0.05, 0.1) is 5.69 Å². The lowest BCUT2D eigenvalue weighted by Crippen LogP contribution is -2.53. The lowest BCUT2D eigenvalue weighted by atomic mass is 9.96. The van der Waals surface area contributed by atoms with Crippen LogP contribution in [0, 0.1) is 0 Å². The Morgan fingerprint density at radius 3 is 2.67 bits per heavy atom. The molecule has 2 aromatic carbocycles. The van der Waals surface area contributed by atoms with Gasteiger partial charge in [0.25, 0.3) is 5.91 Å². The second kappa shape index (κ2) is 5.16. The Hall–Kier alpha value is -2.69. The minimum Gasteiger partial charge on any atom is -0.295 e. The molecule has 0 radical (unpaired) electrons. The number of amides is 3. The number of rotatable bonds is 2. The Bertz CT molecular complexity index is 901. The molecule has 0 aromatic heterocycles. The number of benzene rings is 2. The highest BCUT2D eigenvalue weighted by Gasteiger charge is 2.40. The normalized spacial score (nSPS) is 20.2. The van der Waals surface area contributed by atoms with E-state index < -0.39 is 11.9 Å². The maximum atomic E-state index is 12.9. The van der Waals surface area contributed by atoms with Crippen molar-refractivity contribution in [2.24, 2.45) is 0 Å². The Balaban J connectivity index is 1.90. The van der Waals surface area contributed by atoms with Crippen LogP contribution in [0.25, 0.3) is 10.8 Å². The molecular weight excluding hydrogens is 304 g/mol. The third-order valence-corrected chi connectivity index (χ3v) is 4.88. The summed E-state index contributed by atoms with van der Waals surface area (Å²) in [7, 11) is 0. The van der Waals surface area contributed by atoms with E-state index in [-0.39, 0.29) is 18.2 Å². The molecule has 0 saturated carbocycles. The van der Waals surface area contributed by atoms with Gasteiger partial charge >= 0.3 is 0 Å². The summed E-state index contributed by atoms with van der Waals surface area (Å²) in [6.07, 6.45) is 0.612. The molecule has 1 N–H and O–H groups in total. The van der Waals surface area contributed by atoms with E-state index in [1.807, 2.05) is 18.2 Å². The van der Waals surface area contributed by atoms with E-state index in [4.69, 9.17) is 0 Å². The van der Waals surface area contributed by atoms with Gasteiger partial charge < -0.3 is 0 Å². The number of hydrogen-bond donors (Lipinski definition) is 1. The van der Waals surface area contributed by atoms with E-state index in [0.29, 0.717) is 17.9 Å². The van der Waals surface area contributed by atoms with Crippen LogP contribution in [0.15, 0.2) is 30.3 Å². The van der Waals surface area contributed by atoms with Crippen molar-refractivity contribution >= 4 is 34.2 Å². The van der Waals surface area contributed by atoms with Gasteiger partial charge in [-0.15, -0.1) is 0 Å². The topological polar surface area (TPSA) is 66.5 Å². The van der Waals surface area contributed by atoms with E-state index in [2.05, 4.69) is 25.2 Å². The zero-order valence-electron chi connectivity index (χ0n) is 13.6. The Morgan fingerprint density at radius 2 is 1.96 bits per heavy atom. The molecule has 1 fully saturated rings. The monoisotopic (exact) mass is 322 g/mol. The van der Waals surface area contributed by atoms with E-state index in [0.717, 1.165) is 22.0 Å². The smallest absolute Gasteiger partial charge is 0.259 e. The van der Waals surface area contributed by atoms with Crippen LogP contribution in [0.3, 0.4) is 0 Å². The van der Waals surface area contributed by atoms with E-state index in [1.165, 1.54) is 0 Å². The highest BCUT2D eigenvalue weighted by atomic mass is 16.2. The second-order valence-corrected chi connectivity index (χ2v) is 6.74. The summed E-state index contributed by atoms with van der Waals surface area (Å²) in [4.78, 5) is 38.3. The van der Waals surface area contributed by atoms with Crippen LogP contribution in [0.2, 0.25) is 0 Å². The van der Waals surface area contributed by atoms with Gasteiger partial charge in [-0.25, -0.2) is 0 Å². The van der Waals surface area contributed by atoms with Crippen molar-refractivity contribution in [3.05, 3.63) is 41.5 Å². The van der Waals surface area contributed by atoms with Crippen LogP contribution in [-0.4, -0.2) is 23.8 Å². The molecule has 5 nitrogen and oxygen atoms in total. The van der Waals surface area contributed by atoms with Crippen molar-refractivity contribution < 1.29 is 14.4 Å². The third-order valence-electron chi connectivity index (χ3n) is 4.88. The van der Waals surface area contributed by atoms with Gasteiger partial charge in [0.1, 0.15) is 6.04 Å². The van der Waals surface area contributed by atoms with Crippen LogP contribution in [0.4, 0.5) is 5.69 Å². The van der Waals surface area contributed by atoms with Crippen LogP contribution < -0.4 is 10.2 Å². The summed E-state index contributed by atoms with van der Waals surface area (Å²) < 4.78 is 0. The molecule has 1 atom stereocenters. The van der Waals surface area contributed by atoms with Crippen molar-refractivity contribution in [2.75, 3.05) is 4.90 Å². The number of carbonyl (C=O) groups excluding carboxylic acids is 3. The standard InChI is InChI=1S/C19H18N2O3/c1-10(2)12-8-11-4-3-5-13-17(11)15(9-12)21(19(13)24)14-6-7-16(22)20-18(14)23/h3-5,8-10,14H,6-7H2,1-2H3,(H,20,22,23). The quantitative estimate of drug-likeness (QED) is 0.865. The molecule has 3 amide bonds. The van der Waals surface area contributed by atoms with Gasteiger partial charge in [0.2, 0.25) is 11.8 Å². The molecule has 2 aromatic rings. The summed E-state index contributed by atoms with van der Waals surface area (Å²) in [5.74, 6) is -0.517. The summed E-state index contributed by atoms with van der Waals surface area (Å²) >= 11 is 0. The van der Waals surface area contributed by atoms with Crippen molar-refractivity contribution in [2.45, 2.75) is 38.6 Å². The largest absolute Gasteiger partial charge is 0.295 e. The minimum atomic E-state index is -0.631. The SMILES string of the molecule is CC(C)c1cc2c3c(cccc3c1)C(=O)N2C1CCC(=O)NC1=O. The van der Waals surface area contributed by atoms with Crippen LogP contribution in [0.1, 0.15) is 48.5 Å². The minimum absolute atomic E-state index is 0.161. The van der Waals surface area contributed by atoms with Crippen molar-refractivity contribution in [1.29, 1.82) is 0 Å². The van der Waals surface area contributed by atoms with Crippen LogP contribution in [0.5, 0.6) is 0 Å². The summed E-state index contributed by atoms with van der Waals surface area (Å²) in [5.41, 5.74) is 2.54. The fourth-order valence-corrected chi connectivity index (χ4v) is 3.61. The Kier molecular flexibility index (Phi) is 3.20. The van der Waals surface area contributed by atoms with Gasteiger partial charge in [-0.2, -0.15) is 0 Å². The highest BCUT2D eigenvalue weighted by molar-refractivity contribution is 6.27. The first-order valence-corrected chi connectivity index (χ1v) is 8.21. The fraction of sp³-hybridized carbons (Fsp3) is 0.316. The summed E-state index contributed by atoms with van der Waals surface area (Å²) in [6.45, 7) is 4.20. The number of nitrogens with zero attached hydrogens (tertiary/aromatic N) is 1. The molecular formula is C19H18N2O3. The van der Waals surface area contributed by atoms with Crippen molar-refractivity contribution in [1.82, 2.24) is 5.32 Å². The first kappa shape index (κ1) is 14.9. The molecule has 1 saturated heterocycles. The maximum Gasteiger partial charge on any atom is 0.259 e. The Morgan fingerprint density at radius 1 is 1.17 bits per heavy atom. The van der Waals surface area contributed by atoms with Crippen molar-refractivity contribution in [3.63, 3.8) is 0 Å².